The van der Waals surface area contributed by atoms with Crippen LogP contribution in [0.2, 0.25) is 0 Å². The predicted molar refractivity (Wildman–Crippen MR) is 20.7 cm³/mol. The Morgan fingerprint density at radius 3 is 1.00 bits per heavy atom. The molecule has 0 unspecified atom stereocenters. The Balaban J connectivity index is -0.0000000133. The zero-order valence-corrected chi connectivity index (χ0v) is 11.6. The van der Waals surface area contributed by atoms with E-state index in [9.17, 15) is 0 Å². The second-order valence-electron chi connectivity index (χ2n) is 0.513. The number of phosphoric acid groups is 1. The van der Waals surface area contributed by atoms with Crippen LogP contribution in [0.15, 0.2) is 0 Å². The summed E-state index contributed by atoms with van der Waals surface area (Å²) in [6.07, 6.45) is 0. The summed E-state index contributed by atoms with van der Waals surface area (Å²) in [7, 11) is -4.64. The minimum Gasteiger partial charge on any atom is -2.00 e. The van der Waals surface area contributed by atoms with Crippen LogP contribution in [0.25, 0.3) is 0 Å². The number of hydrogen-bond acceptors (Lipinski definition) is 1. The molecule has 0 aromatic rings. The molecule has 0 aliphatic heterocycles. The summed E-state index contributed by atoms with van der Waals surface area (Å²) in [4.78, 5) is 21.6. The maximum absolute atomic E-state index is 8.88. The second-order valence-corrected chi connectivity index (χ2v) is 1.54. The van der Waals surface area contributed by atoms with Crippen molar-refractivity contribution < 1.29 is 83.8 Å². The van der Waals surface area contributed by atoms with Crippen molar-refractivity contribution in [2.45, 2.75) is 0 Å². The van der Waals surface area contributed by atoms with E-state index < -0.39 is 7.82 Å². The maximum Gasteiger partial charge on any atom is 2.00 e. The van der Waals surface area contributed by atoms with Crippen LogP contribution in [-0.2, 0) is 10.0 Å². The van der Waals surface area contributed by atoms with Gasteiger partial charge in [-0.25, -0.2) is 4.57 Å². The molecule has 5 nitrogen and oxygen atoms in total. The molecular formula is H3MgNa2O5P+2. The van der Waals surface area contributed by atoms with Crippen LogP contribution in [0, 0.1) is 0 Å². The third-order valence-corrected chi connectivity index (χ3v) is 0. The molecule has 0 rings (SSSR count). The fraction of sp³-hybridized carbons (Fsp3) is 0. The number of hydrogen-bond donors (Lipinski definition) is 3. The fourth-order valence-corrected chi connectivity index (χ4v) is 0. The van der Waals surface area contributed by atoms with Crippen LogP contribution in [0.5, 0.6) is 0 Å². The van der Waals surface area contributed by atoms with Gasteiger partial charge < -0.3 is 20.2 Å². The van der Waals surface area contributed by atoms with Crippen LogP contribution < -0.4 is 59.1 Å². The van der Waals surface area contributed by atoms with Crippen LogP contribution in [-0.4, -0.2) is 37.7 Å². The summed E-state index contributed by atoms with van der Waals surface area (Å²) in [6, 6.07) is 0. The molecule has 3 N–H and O–H groups in total. The summed E-state index contributed by atoms with van der Waals surface area (Å²) in [5.74, 6) is 0. The summed E-state index contributed by atoms with van der Waals surface area (Å²) in [5.41, 5.74) is 0. The Kier molecular flexibility index (Phi) is 44.4. The summed E-state index contributed by atoms with van der Waals surface area (Å²) < 4.78 is 8.88. The van der Waals surface area contributed by atoms with Crippen molar-refractivity contribution in [3.8, 4) is 0 Å². The smallest absolute Gasteiger partial charge is 2.00 e. The molecule has 0 heterocycles. The standard InChI is InChI=1S/Mg.2Na.H3O4P.O/c;;;1-5(2,3)4;/h;;;(H3,1,2,3,4);/q+2;2*+1;;-2. The molecule has 0 atom stereocenters. The molecule has 0 saturated heterocycles. The normalized spacial score (nSPS) is 6.56. The molecule has 0 aliphatic rings. The van der Waals surface area contributed by atoms with Crippen molar-refractivity contribution in [3.05, 3.63) is 0 Å². The molecule has 0 aliphatic carbocycles. The van der Waals surface area contributed by atoms with Crippen molar-refractivity contribution in [1.29, 1.82) is 0 Å². The van der Waals surface area contributed by atoms with E-state index in [0.717, 1.165) is 0 Å². The van der Waals surface area contributed by atoms with Crippen molar-refractivity contribution >= 4 is 30.9 Å². The summed E-state index contributed by atoms with van der Waals surface area (Å²) >= 11 is 0. The van der Waals surface area contributed by atoms with Gasteiger partial charge in [-0.05, 0) is 0 Å². The summed E-state index contributed by atoms with van der Waals surface area (Å²) in [5, 5.41) is 0. The van der Waals surface area contributed by atoms with E-state index >= 15 is 0 Å². The third kappa shape index (κ3) is 105. The quantitative estimate of drug-likeness (QED) is 0.257. The van der Waals surface area contributed by atoms with E-state index in [-0.39, 0.29) is 87.6 Å². The SMILES string of the molecule is O=P(O)(O)O.[Mg+2].[Na+].[Na+].[O-2]. The Labute approximate surface area is 113 Å². The molecule has 9 heteroatoms. The van der Waals surface area contributed by atoms with Crippen molar-refractivity contribution in [2.24, 2.45) is 0 Å². The minimum absolute atomic E-state index is 0. The Morgan fingerprint density at radius 1 is 1.00 bits per heavy atom. The van der Waals surface area contributed by atoms with Gasteiger partial charge in [-0.15, -0.1) is 0 Å². The van der Waals surface area contributed by atoms with Gasteiger partial charge in [0.25, 0.3) is 0 Å². The van der Waals surface area contributed by atoms with Gasteiger partial charge in [-0.2, -0.15) is 0 Å². The van der Waals surface area contributed by atoms with Crippen LogP contribution in [0.1, 0.15) is 0 Å². The van der Waals surface area contributed by atoms with Gasteiger partial charge in [0.2, 0.25) is 0 Å². The Morgan fingerprint density at radius 2 is 1.00 bits per heavy atom. The monoisotopic (exact) mass is 184 g/mol. The minimum atomic E-state index is -4.64. The average molecular weight is 184 g/mol. The summed E-state index contributed by atoms with van der Waals surface area (Å²) in [6.45, 7) is 0. The van der Waals surface area contributed by atoms with Gasteiger partial charge in [0, 0.05) is 0 Å². The first-order valence-electron chi connectivity index (χ1n) is 0.783. The zero-order chi connectivity index (χ0) is 4.50. The molecule has 0 spiro atoms. The van der Waals surface area contributed by atoms with Crippen LogP contribution >= 0.6 is 7.82 Å². The van der Waals surface area contributed by atoms with Gasteiger partial charge >= 0.3 is 90.0 Å². The molecule has 0 aromatic heterocycles. The van der Waals surface area contributed by atoms with Crippen molar-refractivity contribution in [2.75, 3.05) is 0 Å². The van der Waals surface area contributed by atoms with E-state index in [1.807, 2.05) is 0 Å². The molecule has 0 fully saturated rings. The Bertz CT molecular complexity index is 61.1. The maximum atomic E-state index is 8.88. The van der Waals surface area contributed by atoms with E-state index in [0.29, 0.717) is 0 Å². The molecule has 0 aromatic carbocycles. The van der Waals surface area contributed by atoms with Crippen molar-refractivity contribution in [3.63, 3.8) is 0 Å². The predicted octanol–water partition coefficient (Wildman–Crippen LogP) is -7.42. The van der Waals surface area contributed by atoms with Gasteiger partial charge in [0.15, 0.2) is 0 Å². The largest absolute Gasteiger partial charge is 2.00 e. The average Bonchev–Trinajstić information content (AvgIpc) is 0.722. The van der Waals surface area contributed by atoms with Gasteiger partial charge in [0.1, 0.15) is 0 Å². The molecule has 9 heavy (non-hydrogen) atoms. The molecule has 0 saturated carbocycles. The van der Waals surface area contributed by atoms with Crippen LogP contribution in [0.4, 0.5) is 0 Å². The van der Waals surface area contributed by atoms with Crippen LogP contribution in [0.3, 0.4) is 0 Å². The first-order valence-corrected chi connectivity index (χ1v) is 2.35. The van der Waals surface area contributed by atoms with Gasteiger partial charge in [-0.1, -0.05) is 0 Å². The molecule has 0 radical (unpaired) electrons. The third-order valence-electron chi connectivity index (χ3n) is 0. The van der Waals surface area contributed by atoms with Gasteiger partial charge in [-0.3, -0.25) is 0 Å². The topological polar surface area (TPSA) is 106 Å². The second kappa shape index (κ2) is 13.4. The van der Waals surface area contributed by atoms with Crippen molar-refractivity contribution in [1.82, 2.24) is 0 Å². The molecule has 40 valence electrons. The first-order chi connectivity index (χ1) is 2.00. The molecule has 0 amide bonds. The fourth-order valence-electron chi connectivity index (χ4n) is 0. The van der Waals surface area contributed by atoms with E-state index in [4.69, 9.17) is 19.2 Å². The zero-order valence-electron chi connectivity index (χ0n) is 5.31. The first kappa shape index (κ1) is 29.7. The molecular weight excluding hydrogens is 181 g/mol. The van der Waals surface area contributed by atoms with E-state index in [1.165, 1.54) is 0 Å². The molecule has 0 bridgehead atoms. The van der Waals surface area contributed by atoms with E-state index in [2.05, 4.69) is 0 Å². The number of rotatable bonds is 0. The van der Waals surface area contributed by atoms with Gasteiger partial charge in [0.05, 0.1) is 0 Å². The Hall–Kier alpha value is 2.84. The van der Waals surface area contributed by atoms with E-state index in [1.54, 1.807) is 0 Å².